The van der Waals surface area contributed by atoms with E-state index in [-0.39, 0.29) is 5.56 Å². The molecule has 2 aromatic rings. The van der Waals surface area contributed by atoms with Crippen molar-refractivity contribution in [1.82, 2.24) is 9.97 Å². The molecule has 3 nitrogen and oxygen atoms in total. The second-order valence-corrected chi connectivity index (χ2v) is 5.52. The third-order valence-electron chi connectivity index (χ3n) is 3.53. The standard InChI is InChI=1S/C12H14N2OS/c1-2-7-3-4-8-9(5-7)16-12-10(8)11(15)13-6-14-12/h6-7H,2-5H2,1H3,(H,13,14,15). The highest BCUT2D eigenvalue weighted by Gasteiger charge is 2.23. The number of nitrogens with one attached hydrogen (secondary N) is 1. The van der Waals surface area contributed by atoms with E-state index in [1.54, 1.807) is 11.3 Å². The Morgan fingerprint density at radius 3 is 3.31 bits per heavy atom. The fraction of sp³-hybridized carbons (Fsp3) is 0.500. The summed E-state index contributed by atoms with van der Waals surface area (Å²) in [7, 11) is 0. The van der Waals surface area contributed by atoms with Crippen LogP contribution in [-0.2, 0) is 12.8 Å². The molecule has 1 N–H and O–H groups in total. The molecule has 84 valence electrons. The summed E-state index contributed by atoms with van der Waals surface area (Å²) in [6, 6.07) is 0. The number of aromatic nitrogens is 2. The molecule has 2 heterocycles. The van der Waals surface area contributed by atoms with Gasteiger partial charge in [0.2, 0.25) is 0 Å². The van der Waals surface area contributed by atoms with Crippen LogP contribution in [0.2, 0.25) is 0 Å². The van der Waals surface area contributed by atoms with Gasteiger partial charge in [-0.2, -0.15) is 0 Å². The zero-order valence-electron chi connectivity index (χ0n) is 9.25. The van der Waals surface area contributed by atoms with Gasteiger partial charge in [0.05, 0.1) is 11.7 Å². The number of H-pyrrole nitrogens is 1. The summed E-state index contributed by atoms with van der Waals surface area (Å²) in [5.41, 5.74) is 1.29. The van der Waals surface area contributed by atoms with Crippen LogP contribution in [0.1, 0.15) is 30.2 Å². The summed E-state index contributed by atoms with van der Waals surface area (Å²) in [5, 5.41) is 0.844. The highest BCUT2D eigenvalue weighted by atomic mass is 32.1. The SMILES string of the molecule is CCC1CCc2c(sc3nc[nH]c(=O)c23)C1. The Balaban J connectivity index is 2.21. The number of hydrogen-bond donors (Lipinski definition) is 1. The van der Waals surface area contributed by atoms with Gasteiger partial charge < -0.3 is 4.98 Å². The summed E-state index contributed by atoms with van der Waals surface area (Å²) >= 11 is 1.70. The van der Waals surface area contributed by atoms with Gasteiger partial charge in [0.15, 0.2) is 0 Å². The lowest BCUT2D eigenvalue weighted by molar-refractivity contribution is 0.451. The Morgan fingerprint density at radius 2 is 2.50 bits per heavy atom. The Morgan fingerprint density at radius 1 is 1.62 bits per heavy atom. The molecule has 1 atom stereocenters. The fourth-order valence-corrected chi connectivity index (χ4v) is 3.84. The third kappa shape index (κ3) is 1.40. The minimum atomic E-state index is 0.0254. The summed E-state index contributed by atoms with van der Waals surface area (Å²) in [6.07, 6.45) is 6.12. The van der Waals surface area contributed by atoms with Gasteiger partial charge in [0.1, 0.15) is 4.83 Å². The molecule has 0 amide bonds. The average molecular weight is 234 g/mol. The molecular weight excluding hydrogens is 220 g/mol. The average Bonchev–Trinajstić information content (AvgIpc) is 2.67. The van der Waals surface area contributed by atoms with Crippen LogP contribution in [0.15, 0.2) is 11.1 Å². The predicted molar refractivity (Wildman–Crippen MR) is 66.0 cm³/mol. The Labute approximate surface area is 97.5 Å². The van der Waals surface area contributed by atoms with Gasteiger partial charge in [0, 0.05) is 4.88 Å². The van der Waals surface area contributed by atoms with Crippen molar-refractivity contribution in [3.8, 4) is 0 Å². The Hall–Kier alpha value is -1.16. The number of aryl methyl sites for hydroxylation is 1. The van der Waals surface area contributed by atoms with E-state index < -0.39 is 0 Å². The number of nitrogens with zero attached hydrogens (tertiary/aromatic N) is 1. The van der Waals surface area contributed by atoms with Crippen LogP contribution in [0.3, 0.4) is 0 Å². The van der Waals surface area contributed by atoms with Crippen LogP contribution in [0.25, 0.3) is 10.2 Å². The minimum absolute atomic E-state index is 0.0254. The quantitative estimate of drug-likeness (QED) is 0.824. The molecular formula is C12H14N2OS. The molecule has 2 aromatic heterocycles. The van der Waals surface area contributed by atoms with E-state index in [1.165, 1.54) is 29.6 Å². The Kier molecular flexibility index (Phi) is 2.32. The smallest absolute Gasteiger partial charge is 0.259 e. The zero-order chi connectivity index (χ0) is 11.1. The Bertz CT molecular complexity index is 584. The summed E-state index contributed by atoms with van der Waals surface area (Å²) < 4.78 is 0. The number of fused-ring (bicyclic) bond motifs is 3. The van der Waals surface area contributed by atoms with E-state index in [9.17, 15) is 4.79 Å². The maximum absolute atomic E-state index is 11.8. The molecule has 0 saturated heterocycles. The highest BCUT2D eigenvalue weighted by Crippen LogP contribution is 2.36. The molecule has 1 unspecified atom stereocenters. The third-order valence-corrected chi connectivity index (χ3v) is 4.69. The molecule has 4 heteroatoms. The first-order valence-electron chi connectivity index (χ1n) is 5.77. The van der Waals surface area contributed by atoms with Gasteiger partial charge in [0.25, 0.3) is 5.56 Å². The molecule has 0 spiro atoms. The zero-order valence-corrected chi connectivity index (χ0v) is 10.1. The molecule has 3 rings (SSSR count). The largest absolute Gasteiger partial charge is 0.313 e. The lowest BCUT2D eigenvalue weighted by atomic mass is 9.86. The van der Waals surface area contributed by atoms with Gasteiger partial charge in [-0.05, 0) is 30.7 Å². The van der Waals surface area contributed by atoms with E-state index in [0.29, 0.717) is 0 Å². The molecule has 0 aromatic carbocycles. The maximum Gasteiger partial charge on any atom is 0.259 e. The van der Waals surface area contributed by atoms with E-state index in [4.69, 9.17) is 0 Å². The van der Waals surface area contributed by atoms with E-state index >= 15 is 0 Å². The van der Waals surface area contributed by atoms with Crippen LogP contribution in [0.5, 0.6) is 0 Å². The molecule has 0 aliphatic heterocycles. The topological polar surface area (TPSA) is 45.8 Å². The van der Waals surface area contributed by atoms with E-state index in [2.05, 4.69) is 16.9 Å². The maximum atomic E-state index is 11.8. The van der Waals surface area contributed by atoms with Crippen LogP contribution < -0.4 is 5.56 Å². The normalized spacial score (nSPS) is 19.9. The van der Waals surface area contributed by atoms with Crippen molar-refractivity contribution in [3.63, 3.8) is 0 Å². The van der Waals surface area contributed by atoms with E-state index in [0.717, 1.165) is 29.0 Å². The van der Waals surface area contributed by atoms with E-state index in [1.807, 2.05) is 0 Å². The summed E-state index contributed by atoms with van der Waals surface area (Å²) in [5.74, 6) is 0.791. The molecule has 0 fully saturated rings. The van der Waals surface area contributed by atoms with Crippen molar-refractivity contribution in [2.75, 3.05) is 0 Å². The number of hydrogen-bond acceptors (Lipinski definition) is 3. The van der Waals surface area contributed by atoms with Gasteiger partial charge in [-0.25, -0.2) is 4.98 Å². The minimum Gasteiger partial charge on any atom is -0.313 e. The number of aromatic amines is 1. The lowest BCUT2D eigenvalue weighted by Crippen LogP contribution is -2.13. The first kappa shape index (κ1) is 10.0. The molecule has 16 heavy (non-hydrogen) atoms. The van der Waals surface area contributed by atoms with Crippen molar-refractivity contribution < 1.29 is 0 Å². The second kappa shape index (κ2) is 3.70. The first-order valence-corrected chi connectivity index (χ1v) is 6.59. The summed E-state index contributed by atoms with van der Waals surface area (Å²) in [6.45, 7) is 2.24. The van der Waals surface area contributed by atoms with Crippen molar-refractivity contribution in [2.45, 2.75) is 32.6 Å². The second-order valence-electron chi connectivity index (χ2n) is 4.43. The van der Waals surface area contributed by atoms with Crippen molar-refractivity contribution >= 4 is 21.6 Å². The van der Waals surface area contributed by atoms with Crippen LogP contribution >= 0.6 is 11.3 Å². The van der Waals surface area contributed by atoms with Gasteiger partial charge in [-0.15, -0.1) is 11.3 Å². The molecule has 0 saturated carbocycles. The van der Waals surface area contributed by atoms with Crippen LogP contribution in [0, 0.1) is 5.92 Å². The molecule has 0 radical (unpaired) electrons. The van der Waals surface area contributed by atoms with Gasteiger partial charge >= 0.3 is 0 Å². The van der Waals surface area contributed by atoms with Crippen LogP contribution in [0.4, 0.5) is 0 Å². The fourth-order valence-electron chi connectivity index (χ4n) is 2.54. The first-order chi connectivity index (χ1) is 7.79. The van der Waals surface area contributed by atoms with Crippen molar-refractivity contribution in [2.24, 2.45) is 5.92 Å². The van der Waals surface area contributed by atoms with Crippen molar-refractivity contribution in [1.29, 1.82) is 0 Å². The molecule has 1 aliphatic rings. The van der Waals surface area contributed by atoms with Crippen molar-refractivity contribution in [3.05, 3.63) is 27.1 Å². The number of thiophene rings is 1. The molecule has 1 aliphatic carbocycles. The summed E-state index contributed by atoms with van der Waals surface area (Å²) in [4.78, 5) is 21.0. The lowest BCUT2D eigenvalue weighted by Gasteiger charge is -2.20. The molecule has 0 bridgehead atoms. The number of rotatable bonds is 1. The van der Waals surface area contributed by atoms with Gasteiger partial charge in [-0.3, -0.25) is 4.79 Å². The predicted octanol–water partition coefficient (Wildman–Crippen LogP) is 2.50. The van der Waals surface area contributed by atoms with Crippen LogP contribution in [-0.4, -0.2) is 9.97 Å². The highest BCUT2D eigenvalue weighted by molar-refractivity contribution is 7.18. The monoisotopic (exact) mass is 234 g/mol. The van der Waals surface area contributed by atoms with Gasteiger partial charge in [-0.1, -0.05) is 13.3 Å².